The number of piperidine rings is 1. The summed E-state index contributed by atoms with van der Waals surface area (Å²) in [6.45, 7) is 7.73. The van der Waals surface area contributed by atoms with E-state index < -0.39 is 0 Å². The van der Waals surface area contributed by atoms with Crippen LogP contribution in [-0.4, -0.2) is 60.5 Å². The van der Waals surface area contributed by atoms with Gasteiger partial charge in [-0.15, -0.1) is 0 Å². The third kappa shape index (κ3) is 3.17. The highest BCUT2D eigenvalue weighted by Gasteiger charge is 2.32. The molecule has 3 fully saturated rings. The lowest BCUT2D eigenvalue weighted by atomic mass is 9.90. The molecule has 3 aliphatic rings. The lowest BCUT2D eigenvalue weighted by Gasteiger charge is -2.32. The van der Waals surface area contributed by atoms with Gasteiger partial charge in [-0.3, -0.25) is 9.69 Å². The maximum atomic E-state index is 12.6. The Hall–Kier alpha value is -0.610. The number of fused-ring (bicyclic) bond motifs is 1. The summed E-state index contributed by atoms with van der Waals surface area (Å²) >= 11 is 0. The van der Waals surface area contributed by atoms with Crippen molar-refractivity contribution in [1.82, 2.24) is 15.1 Å². The summed E-state index contributed by atoms with van der Waals surface area (Å²) in [4.78, 5) is 17.4. The van der Waals surface area contributed by atoms with Crippen LogP contribution in [0.25, 0.3) is 0 Å². The summed E-state index contributed by atoms with van der Waals surface area (Å²) in [7, 11) is 0. The summed E-state index contributed by atoms with van der Waals surface area (Å²) in [6, 6.07) is 1.04. The zero-order valence-corrected chi connectivity index (χ0v) is 12.8. The summed E-state index contributed by atoms with van der Waals surface area (Å²) < 4.78 is 0. The Bertz CT molecular complexity index is 347. The zero-order chi connectivity index (χ0) is 13.9. The molecule has 4 nitrogen and oxygen atoms in total. The molecule has 0 spiro atoms. The number of carbonyl (C=O) groups is 1. The molecule has 3 saturated heterocycles. The molecule has 0 bridgehead atoms. The highest BCUT2D eigenvalue weighted by molar-refractivity contribution is 5.77. The molecule has 3 heterocycles. The quantitative estimate of drug-likeness (QED) is 0.831. The minimum absolute atomic E-state index is 0.380. The van der Waals surface area contributed by atoms with E-state index in [1.54, 1.807) is 0 Å². The Labute approximate surface area is 122 Å². The van der Waals surface area contributed by atoms with Crippen molar-refractivity contribution in [1.29, 1.82) is 0 Å². The summed E-state index contributed by atoms with van der Waals surface area (Å²) in [5.74, 6) is 1.02. The Morgan fingerprint density at radius 3 is 2.85 bits per heavy atom. The minimum atomic E-state index is 0.380. The molecule has 0 radical (unpaired) electrons. The van der Waals surface area contributed by atoms with Gasteiger partial charge in [-0.05, 0) is 51.1 Å². The van der Waals surface area contributed by atoms with Crippen molar-refractivity contribution < 1.29 is 4.79 Å². The van der Waals surface area contributed by atoms with Crippen LogP contribution in [0.3, 0.4) is 0 Å². The van der Waals surface area contributed by atoms with Crippen molar-refractivity contribution >= 4 is 5.91 Å². The zero-order valence-electron chi connectivity index (χ0n) is 12.8. The van der Waals surface area contributed by atoms with Gasteiger partial charge in [0.1, 0.15) is 0 Å². The van der Waals surface area contributed by atoms with Crippen molar-refractivity contribution in [2.45, 2.75) is 57.5 Å². The molecule has 3 rings (SSSR count). The molecule has 3 unspecified atom stereocenters. The molecule has 1 N–H and O–H groups in total. The van der Waals surface area contributed by atoms with Gasteiger partial charge in [0.25, 0.3) is 0 Å². The van der Waals surface area contributed by atoms with Gasteiger partial charge in [0, 0.05) is 38.1 Å². The molecule has 0 aliphatic carbocycles. The fourth-order valence-corrected chi connectivity index (χ4v) is 4.14. The Morgan fingerprint density at radius 2 is 2.00 bits per heavy atom. The predicted molar refractivity (Wildman–Crippen MR) is 80.6 cm³/mol. The maximum Gasteiger partial charge on any atom is 0.224 e. The first kappa shape index (κ1) is 14.3. The van der Waals surface area contributed by atoms with Gasteiger partial charge in [0.05, 0.1) is 0 Å². The molecule has 20 heavy (non-hydrogen) atoms. The van der Waals surface area contributed by atoms with E-state index >= 15 is 0 Å². The smallest absolute Gasteiger partial charge is 0.224 e. The van der Waals surface area contributed by atoms with Gasteiger partial charge in [-0.1, -0.05) is 6.92 Å². The van der Waals surface area contributed by atoms with E-state index in [1.165, 1.54) is 38.8 Å². The number of amides is 1. The second kappa shape index (κ2) is 6.44. The van der Waals surface area contributed by atoms with E-state index in [4.69, 9.17) is 0 Å². The first-order valence-corrected chi connectivity index (χ1v) is 8.49. The van der Waals surface area contributed by atoms with E-state index in [1.807, 2.05) is 0 Å². The van der Waals surface area contributed by atoms with Gasteiger partial charge in [-0.25, -0.2) is 0 Å². The van der Waals surface area contributed by atoms with Crippen LogP contribution in [0.5, 0.6) is 0 Å². The van der Waals surface area contributed by atoms with Crippen LogP contribution in [0.1, 0.15) is 45.4 Å². The number of hydrogen-bond acceptors (Lipinski definition) is 3. The molecule has 3 aliphatic heterocycles. The summed E-state index contributed by atoms with van der Waals surface area (Å²) in [5, 5.41) is 3.54. The predicted octanol–water partition coefficient (Wildman–Crippen LogP) is 1.46. The molecule has 114 valence electrons. The number of rotatable bonds is 2. The normalized spacial score (nSPS) is 35.6. The lowest BCUT2D eigenvalue weighted by Crippen LogP contribution is -2.46. The SMILES string of the molecule is CC1CCCNC1CC(=O)N1CCCN2CCCC2C1. The van der Waals surface area contributed by atoms with Crippen LogP contribution < -0.4 is 5.32 Å². The van der Waals surface area contributed by atoms with Crippen LogP contribution in [0, 0.1) is 5.92 Å². The van der Waals surface area contributed by atoms with Gasteiger partial charge < -0.3 is 10.2 Å². The van der Waals surface area contributed by atoms with Gasteiger partial charge >= 0.3 is 0 Å². The third-order valence-corrected chi connectivity index (χ3v) is 5.48. The van der Waals surface area contributed by atoms with Crippen molar-refractivity contribution in [3.05, 3.63) is 0 Å². The second-order valence-corrected chi connectivity index (χ2v) is 6.91. The fourth-order valence-electron chi connectivity index (χ4n) is 4.14. The van der Waals surface area contributed by atoms with Crippen LogP contribution >= 0.6 is 0 Å². The Kier molecular flexibility index (Phi) is 4.61. The van der Waals surface area contributed by atoms with Crippen molar-refractivity contribution in [2.24, 2.45) is 5.92 Å². The topological polar surface area (TPSA) is 35.6 Å². The van der Waals surface area contributed by atoms with Crippen LogP contribution in [0.2, 0.25) is 0 Å². The molecule has 0 aromatic heterocycles. The van der Waals surface area contributed by atoms with E-state index in [-0.39, 0.29) is 0 Å². The van der Waals surface area contributed by atoms with Gasteiger partial charge in [0.15, 0.2) is 0 Å². The number of hydrogen-bond donors (Lipinski definition) is 1. The third-order valence-electron chi connectivity index (χ3n) is 5.48. The number of nitrogens with one attached hydrogen (secondary N) is 1. The molecular weight excluding hydrogens is 250 g/mol. The monoisotopic (exact) mass is 279 g/mol. The molecule has 0 aromatic rings. The van der Waals surface area contributed by atoms with Crippen molar-refractivity contribution in [2.75, 3.05) is 32.7 Å². The summed E-state index contributed by atoms with van der Waals surface area (Å²) in [5.41, 5.74) is 0. The lowest BCUT2D eigenvalue weighted by molar-refractivity contribution is -0.132. The first-order valence-electron chi connectivity index (χ1n) is 8.49. The van der Waals surface area contributed by atoms with Crippen LogP contribution in [0.4, 0.5) is 0 Å². The minimum Gasteiger partial charge on any atom is -0.341 e. The number of nitrogens with zero attached hydrogens (tertiary/aromatic N) is 2. The molecule has 3 atom stereocenters. The molecule has 0 aromatic carbocycles. The highest BCUT2D eigenvalue weighted by atomic mass is 16.2. The molecule has 1 amide bonds. The Balaban J connectivity index is 1.55. The molecular formula is C16H29N3O. The largest absolute Gasteiger partial charge is 0.341 e. The van der Waals surface area contributed by atoms with E-state index in [2.05, 4.69) is 22.0 Å². The molecule has 0 saturated carbocycles. The van der Waals surface area contributed by atoms with Crippen molar-refractivity contribution in [3.63, 3.8) is 0 Å². The van der Waals surface area contributed by atoms with Crippen molar-refractivity contribution in [3.8, 4) is 0 Å². The summed E-state index contributed by atoms with van der Waals surface area (Å²) in [6.07, 6.45) is 6.97. The average Bonchev–Trinajstić information content (AvgIpc) is 2.78. The van der Waals surface area contributed by atoms with E-state index in [0.717, 1.165) is 26.1 Å². The molecule has 4 heteroatoms. The fraction of sp³-hybridized carbons (Fsp3) is 0.938. The average molecular weight is 279 g/mol. The maximum absolute atomic E-state index is 12.6. The second-order valence-electron chi connectivity index (χ2n) is 6.91. The van der Waals surface area contributed by atoms with Crippen LogP contribution in [0.15, 0.2) is 0 Å². The standard InChI is InChI=1S/C16H29N3O/c1-13-5-2-7-17-15(13)11-16(20)19-10-4-9-18-8-3-6-14(18)12-19/h13-15,17H,2-12H2,1H3. The number of carbonyl (C=O) groups excluding carboxylic acids is 1. The van der Waals surface area contributed by atoms with Gasteiger partial charge in [0.2, 0.25) is 5.91 Å². The Morgan fingerprint density at radius 1 is 1.15 bits per heavy atom. The van der Waals surface area contributed by atoms with Crippen LogP contribution in [-0.2, 0) is 4.79 Å². The highest BCUT2D eigenvalue weighted by Crippen LogP contribution is 2.23. The van der Waals surface area contributed by atoms with E-state index in [9.17, 15) is 4.79 Å². The van der Waals surface area contributed by atoms with Gasteiger partial charge in [-0.2, -0.15) is 0 Å². The first-order chi connectivity index (χ1) is 9.74. The van der Waals surface area contributed by atoms with E-state index in [0.29, 0.717) is 30.3 Å².